The number of likely N-dealkylation sites (tertiary alicyclic amines) is 1. The molecule has 1 amide bonds. The van der Waals surface area contributed by atoms with E-state index in [0.717, 1.165) is 36.4 Å². The molecule has 7 heteroatoms. The number of rotatable bonds is 5. The van der Waals surface area contributed by atoms with Gasteiger partial charge in [0.2, 0.25) is 5.91 Å². The van der Waals surface area contributed by atoms with Crippen LogP contribution in [0, 0.1) is 5.92 Å². The van der Waals surface area contributed by atoms with Gasteiger partial charge in [-0.05, 0) is 37.9 Å². The molecular weight excluding hydrogens is 332 g/mol. The van der Waals surface area contributed by atoms with Gasteiger partial charge >= 0.3 is 0 Å². The van der Waals surface area contributed by atoms with Crippen LogP contribution in [0.5, 0.6) is 0 Å². The minimum atomic E-state index is 0. The van der Waals surface area contributed by atoms with Crippen molar-refractivity contribution in [3.05, 3.63) is 30.1 Å². The van der Waals surface area contributed by atoms with Gasteiger partial charge in [-0.1, -0.05) is 12.1 Å². The van der Waals surface area contributed by atoms with Gasteiger partial charge in [-0.25, -0.2) is 4.98 Å². The number of imidazole rings is 1. The molecule has 1 aromatic heterocycles. The maximum Gasteiger partial charge on any atom is 0.232 e. The van der Waals surface area contributed by atoms with Gasteiger partial charge in [0.15, 0.2) is 0 Å². The average Bonchev–Trinajstić information content (AvgIpc) is 3.18. The van der Waals surface area contributed by atoms with Gasteiger partial charge < -0.3 is 15.6 Å². The lowest BCUT2D eigenvalue weighted by molar-refractivity contribution is -0.127. The summed E-state index contributed by atoms with van der Waals surface area (Å²) < 4.78 is 0. The number of halogens is 1. The lowest BCUT2D eigenvalue weighted by atomic mass is 10.1. The first-order chi connectivity index (χ1) is 10.7. The maximum atomic E-state index is 12.2. The fourth-order valence-electron chi connectivity index (χ4n) is 2.78. The third-order valence-corrected chi connectivity index (χ3v) is 5.36. The number of aromatic nitrogens is 2. The second-order valence-corrected chi connectivity index (χ2v) is 7.15. The highest BCUT2D eigenvalue weighted by molar-refractivity contribution is 8.00. The van der Waals surface area contributed by atoms with Crippen molar-refractivity contribution in [1.29, 1.82) is 0 Å². The number of nitrogens with one attached hydrogen (secondary N) is 1. The van der Waals surface area contributed by atoms with Crippen molar-refractivity contribution in [1.82, 2.24) is 14.9 Å². The number of nitrogens with two attached hydrogens (primary N) is 1. The molecule has 5 nitrogen and oxygen atoms in total. The number of carbonyl (C=O) groups excluding carboxylic acids is 1. The Morgan fingerprint density at radius 2 is 2.30 bits per heavy atom. The molecule has 3 N–H and O–H groups in total. The van der Waals surface area contributed by atoms with Crippen LogP contribution in [0.4, 0.5) is 0 Å². The highest BCUT2D eigenvalue weighted by Gasteiger charge is 2.25. The predicted octanol–water partition coefficient (Wildman–Crippen LogP) is 2.59. The van der Waals surface area contributed by atoms with E-state index in [-0.39, 0.29) is 23.6 Å². The van der Waals surface area contributed by atoms with E-state index in [1.54, 1.807) is 11.8 Å². The van der Waals surface area contributed by atoms with E-state index in [2.05, 4.69) is 16.9 Å². The molecule has 126 valence electrons. The molecule has 2 aromatic rings. The minimum absolute atomic E-state index is 0. The van der Waals surface area contributed by atoms with Gasteiger partial charge in [0.1, 0.15) is 5.82 Å². The van der Waals surface area contributed by atoms with Crippen LogP contribution in [0.15, 0.2) is 24.3 Å². The first-order valence-corrected chi connectivity index (χ1v) is 8.76. The van der Waals surface area contributed by atoms with E-state index < -0.39 is 0 Å². The molecule has 2 heterocycles. The number of fused-ring (bicyclic) bond motifs is 1. The molecule has 2 unspecified atom stereocenters. The second-order valence-electron chi connectivity index (χ2n) is 5.82. The summed E-state index contributed by atoms with van der Waals surface area (Å²) in [7, 11) is 0. The maximum absolute atomic E-state index is 12.2. The Bertz CT molecular complexity index is 629. The lowest BCUT2D eigenvalue weighted by Gasteiger charge is -2.17. The summed E-state index contributed by atoms with van der Waals surface area (Å²) >= 11 is 1.63. The van der Waals surface area contributed by atoms with Crippen LogP contribution in [0.25, 0.3) is 11.0 Å². The zero-order valence-corrected chi connectivity index (χ0v) is 14.8. The van der Waals surface area contributed by atoms with E-state index in [1.807, 2.05) is 29.2 Å². The summed E-state index contributed by atoms with van der Waals surface area (Å²) in [5.74, 6) is 2.11. The predicted molar refractivity (Wildman–Crippen MR) is 98.0 cm³/mol. The number of aromatic amines is 1. The normalized spacial score (nSPS) is 18.9. The van der Waals surface area contributed by atoms with Gasteiger partial charge in [-0.2, -0.15) is 0 Å². The fraction of sp³-hybridized carbons (Fsp3) is 0.500. The lowest BCUT2D eigenvalue weighted by Crippen LogP contribution is -2.31. The van der Waals surface area contributed by atoms with E-state index in [9.17, 15) is 4.79 Å². The van der Waals surface area contributed by atoms with Crippen LogP contribution < -0.4 is 5.73 Å². The highest BCUT2D eigenvalue weighted by Crippen LogP contribution is 2.28. The number of nitrogens with zero attached hydrogens (tertiary/aromatic N) is 2. The van der Waals surface area contributed by atoms with Crippen molar-refractivity contribution in [2.45, 2.75) is 18.6 Å². The van der Waals surface area contributed by atoms with E-state index in [4.69, 9.17) is 5.73 Å². The first kappa shape index (κ1) is 18.1. The molecule has 23 heavy (non-hydrogen) atoms. The molecule has 1 saturated heterocycles. The van der Waals surface area contributed by atoms with Gasteiger partial charge in [0.05, 0.1) is 22.0 Å². The molecule has 1 aliphatic heterocycles. The van der Waals surface area contributed by atoms with Crippen molar-refractivity contribution in [3.63, 3.8) is 0 Å². The topological polar surface area (TPSA) is 75.0 Å². The Morgan fingerprint density at radius 1 is 1.52 bits per heavy atom. The molecule has 0 saturated carbocycles. The van der Waals surface area contributed by atoms with Gasteiger partial charge in [-0.3, -0.25) is 4.79 Å². The van der Waals surface area contributed by atoms with Gasteiger partial charge in [-0.15, -0.1) is 24.2 Å². The number of thioether (sulfide) groups is 1. The summed E-state index contributed by atoms with van der Waals surface area (Å²) in [6.45, 7) is 4.42. The third-order valence-electron chi connectivity index (χ3n) is 4.22. The number of para-hydroxylation sites is 2. The summed E-state index contributed by atoms with van der Waals surface area (Å²) in [6.07, 6.45) is 1.03. The Kier molecular flexibility index (Phi) is 6.33. The molecule has 0 radical (unpaired) electrons. The molecule has 1 aliphatic rings. The number of H-pyrrole nitrogens is 1. The zero-order chi connectivity index (χ0) is 15.5. The number of benzene rings is 1. The zero-order valence-electron chi connectivity index (χ0n) is 13.2. The van der Waals surface area contributed by atoms with E-state index in [1.165, 1.54) is 0 Å². The summed E-state index contributed by atoms with van der Waals surface area (Å²) in [5, 5.41) is 0.171. The number of carbonyl (C=O) groups is 1. The first-order valence-electron chi connectivity index (χ1n) is 7.71. The fourth-order valence-corrected chi connectivity index (χ4v) is 3.63. The van der Waals surface area contributed by atoms with Crippen LogP contribution in [0.2, 0.25) is 0 Å². The van der Waals surface area contributed by atoms with Crippen molar-refractivity contribution in [3.8, 4) is 0 Å². The van der Waals surface area contributed by atoms with Crippen LogP contribution in [0.3, 0.4) is 0 Å². The van der Waals surface area contributed by atoms with Gasteiger partial charge in [0.25, 0.3) is 0 Å². The van der Waals surface area contributed by atoms with E-state index >= 15 is 0 Å². The van der Waals surface area contributed by atoms with Crippen LogP contribution in [-0.4, -0.2) is 46.2 Å². The molecular formula is C16H23ClN4OS. The minimum Gasteiger partial charge on any atom is -0.342 e. The quantitative estimate of drug-likeness (QED) is 0.865. The summed E-state index contributed by atoms with van der Waals surface area (Å²) in [4.78, 5) is 22.1. The average molecular weight is 355 g/mol. The Hall–Kier alpha value is -1.24. The molecule has 1 aromatic carbocycles. The molecule has 3 rings (SSSR count). The van der Waals surface area contributed by atoms with Crippen molar-refractivity contribution >= 4 is 41.1 Å². The van der Waals surface area contributed by atoms with Crippen molar-refractivity contribution in [2.24, 2.45) is 11.7 Å². The largest absolute Gasteiger partial charge is 0.342 e. The van der Waals surface area contributed by atoms with Crippen molar-refractivity contribution < 1.29 is 4.79 Å². The monoisotopic (exact) mass is 354 g/mol. The van der Waals surface area contributed by atoms with Crippen LogP contribution >= 0.6 is 24.2 Å². The Labute approximate surface area is 146 Å². The molecule has 1 fully saturated rings. The molecule has 0 aliphatic carbocycles. The number of amides is 1. The third kappa shape index (κ3) is 4.19. The SMILES string of the molecule is CC(SCC(=O)N1CCC(CN)C1)c1nc2ccccc2[nH]1.Cl. The smallest absolute Gasteiger partial charge is 0.232 e. The molecule has 0 spiro atoms. The van der Waals surface area contributed by atoms with Crippen LogP contribution in [-0.2, 0) is 4.79 Å². The van der Waals surface area contributed by atoms with Crippen LogP contribution in [0.1, 0.15) is 24.4 Å². The summed E-state index contributed by atoms with van der Waals surface area (Å²) in [6, 6.07) is 7.99. The number of hydrogen-bond donors (Lipinski definition) is 2. The number of hydrogen-bond acceptors (Lipinski definition) is 4. The molecule has 0 bridgehead atoms. The van der Waals surface area contributed by atoms with Gasteiger partial charge in [0, 0.05) is 13.1 Å². The highest BCUT2D eigenvalue weighted by atomic mass is 35.5. The standard InChI is InChI=1S/C16H22N4OS.ClH/c1-11(16-18-13-4-2-3-5-14(13)19-16)22-10-15(21)20-7-6-12(8-17)9-20;/h2-5,11-12H,6-10,17H2,1H3,(H,18,19);1H. The second kappa shape index (κ2) is 8.04. The van der Waals surface area contributed by atoms with Crippen molar-refractivity contribution in [2.75, 3.05) is 25.4 Å². The summed E-state index contributed by atoms with van der Waals surface area (Å²) in [5.41, 5.74) is 7.69. The van der Waals surface area contributed by atoms with E-state index in [0.29, 0.717) is 18.2 Å². The molecule has 2 atom stereocenters. The Balaban J connectivity index is 0.00000192. The Morgan fingerprint density at radius 3 is 3.00 bits per heavy atom.